The van der Waals surface area contributed by atoms with Gasteiger partial charge in [0.1, 0.15) is 11.9 Å². The Morgan fingerprint density at radius 1 is 1.27 bits per heavy atom. The molecule has 8 heteroatoms. The number of imidazole rings is 1. The summed E-state index contributed by atoms with van der Waals surface area (Å²) >= 11 is 0. The van der Waals surface area contributed by atoms with Gasteiger partial charge in [-0.15, -0.1) is 0 Å². The van der Waals surface area contributed by atoms with Crippen LogP contribution in [0.3, 0.4) is 0 Å². The third-order valence-corrected chi connectivity index (χ3v) is 5.12. The number of nitrogens with one attached hydrogen (secondary N) is 1. The number of imide groups is 1. The molecule has 0 aliphatic carbocycles. The van der Waals surface area contributed by atoms with E-state index in [0.717, 1.165) is 22.6 Å². The predicted octanol–water partition coefficient (Wildman–Crippen LogP) is 0.307. The Hall–Kier alpha value is -3.00. The van der Waals surface area contributed by atoms with E-state index in [-0.39, 0.29) is 18.2 Å². The Balaban J connectivity index is 1.72. The molecule has 3 amide bonds. The van der Waals surface area contributed by atoms with Crippen molar-refractivity contribution in [3.05, 3.63) is 41.3 Å². The molecule has 8 nitrogen and oxygen atoms in total. The van der Waals surface area contributed by atoms with Crippen LogP contribution in [0.5, 0.6) is 0 Å². The van der Waals surface area contributed by atoms with Gasteiger partial charge in [-0.2, -0.15) is 0 Å². The fourth-order valence-corrected chi connectivity index (χ4v) is 3.71. The van der Waals surface area contributed by atoms with Gasteiger partial charge in [0.05, 0.1) is 18.4 Å². The van der Waals surface area contributed by atoms with Crippen molar-refractivity contribution >= 4 is 17.7 Å². The second kappa shape index (κ2) is 6.06. The minimum atomic E-state index is -0.619. The number of carbonyl (C=O) groups is 3. The first-order valence-electron chi connectivity index (χ1n) is 8.49. The Bertz CT molecular complexity index is 933. The highest BCUT2D eigenvalue weighted by molar-refractivity contribution is 6.06. The lowest BCUT2D eigenvalue weighted by Gasteiger charge is -2.29. The maximum absolute atomic E-state index is 12.9. The second-order valence-corrected chi connectivity index (χ2v) is 6.55. The number of aromatic nitrogens is 2. The highest BCUT2D eigenvalue weighted by atomic mass is 16.2. The van der Waals surface area contributed by atoms with E-state index in [2.05, 4.69) is 10.3 Å². The molecule has 2 aromatic rings. The smallest absolute Gasteiger partial charge is 0.255 e. The van der Waals surface area contributed by atoms with Gasteiger partial charge in [0.15, 0.2) is 0 Å². The number of fused-ring (bicyclic) bond motifs is 1. The van der Waals surface area contributed by atoms with Gasteiger partial charge in [-0.1, -0.05) is 12.1 Å². The van der Waals surface area contributed by atoms with Gasteiger partial charge in [-0.3, -0.25) is 19.7 Å². The van der Waals surface area contributed by atoms with Gasteiger partial charge >= 0.3 is 0 Å². The zero-order valence-electron chi connectivity index (χ0n) is 14.4. The minimum absolute atomic E-state index is 0.183. The summed E-state index contributed by atoms with van der Waals surface area (Å²) in [5.41, 5.74) is 8.94. The van der Waals surface area contributed by atoms with Gasteiger partial charge in [0, 0.05) is 31.1 Å². The van der Waals surface area contributed by atoms with Crippen LogP contribution in [-0.4, -0.2) is 38.2 Å². The fraction of sp³-hybridized carbons (Fsp3) is 0.333. The van der Waals surface area contributed by atoms with E-state index in [1.807, 2.05) is 23.7 Å². The van der Waals surface area contributed by atoms with Crippen LogP contribution in [0.4, 0.5) is 0 Å². The monoisotopic (exact) mass is 353 g/mol. The second-order valence-electron chi connectivity index (χ2n) is 6.55. The Morgan fingerprint density at radius 3 is 2.73 bits per heavy atom. The van der Waals surface area contributed by atoms with Crippen LogP contribution in [0.1, 0.15) is 34.6 Å². The summed E-state index contributed by atoms with van der Waals surface area (Å²) in [5.74, 6) is -0.128. The molecular formula is C18H19N5O3. The Labute approximate surface area is 150 Å². The summed E-state index contributed by atoms with van der Waals surface area (Å²) in [6.07, 6.45) is 2.34. The van der Waals surface area contributed by atoms with E-state index in [9.17, 15) is 14.4 Å². The number of hydrogen-bond donors (Lipinski definition) is 2. The molecule has 0 saturated carbocycles. The first-order valence-corrected chi connectivity index (χ1v) is 8.49. The normalized spacial score (nSPS) is 19.7. The maximum atomic E-state index is 12.9. The molecule has 1 aromatic carbocycles. The predicted molar refractivity (Wildman–Crippen MR) is 92.6 cm³/mol. The van der Waals surface area contributed by atoms with Crippen molar-refractivity contribution < 1.29 is 14.4 Å². The summed E-state index contributed by atoms with van der Waals surface area (Å²) in [5, 5.41) is 2.32. The number of benzene rings is 1. The molecule has 26 heavy (non-hydrogen) atoms. The molecule has 134 valence electrons. The highest BCUT2D eigenvalue weighted by Gasteiger charge is 2.40. The van der Waals surface area contributed by atoms with E-state index >= 15 is 0 Å². The van der Waals surface area contributed by atoms with Crippen molar-refractivity contribution in [2.75, 3.05) is 0 Å². The molecule has 1 saturated heterocycles. The number of piperidine rings is 1. The quantitative estimate of drug-likeness (QED) is 0.772. The Kier molecular flexibility index (Phi) is 3.84. The molecule has 1 unspecified atom stereocenters. The molecule has 3 N–H and O–H groups in total. The van der Waals surface area contributed by atoms with Crippen LogP contribution in [0.25, 0.3) is 11.3 Å². The molecular weight excluding hydrogens is 334 g/mol. The van der Waals surface area contributed by atoms with Crippen molar-refractivity contribution in [2.45, 2.75) is 32.0 Å². The van der Waals surface area contributed by atoms with Crippen LogP contribution < -0.4 is 11.1 Å². The van der Waals surface area contributed by atoms with Gasteiger partial charge in [-0.25, -0.2) is 4.98 Å². The summed E-state index contributed by atoms with van der Waals surface area (Å²) in [7, 11) is 1.89. The minimum Gasteiger partial charge on any atom is -0.330 e. The number of carbonyl (C=O) groups excluding carboxylic acids is 3. The summed E-state index contributed by atoms with van der Waals surface area (Å²) in [4.78, 5) is 42.3. The third kappa shape index (κ3) is 2.41. The number of hydrogen-bond acceptors (Lipinski definition) is 5. The average Bonchev–Trinajstić information content (AvgIpc) is 3.15. The lowest BCUT2D eigenvalue weighted by molar-refractivity contribution is -0.136. The number of nitrogens with two attached hydrogens (primary N) is 1. The molecule has 3 heterocycles. The zero-order valence-corrected chi connectivity index (χ0v) is 14.4. The van der Waals surface area contributed by atoms with E-state index < -0.39 is 11.9 Å². The summed E-state index contributed by atoms with van der Waals surface area (Å²) in [6.45, 7) is 0.659. The molecule has 0 spiro atoms. The molecule has 4 rings (SSSR count). The highest BCUT2D eigenvalue weighted by Crippen LogP contribution is 2.34. The molecule has 0 bridgehead atoms. The van der Waals surface area contributed by atoms with Gasteiger partial charge in [0.2, 0.25) is 11.8 Å². The van der Waals surface area contributed by atoms with Gasteiger partial charge < -0.3 is 15.2 Å². The van der Waals surface area contributed by atoms with Crippen molar-refractivity contribution in [3.63, 3.8) is 0 Å². The standard InChI is InChI=1S/C18H19N5O3/c1-22-14(8-20-15(22)7-19)10-3-2-4-11-12(10)9-23(18(11)26)13-5-6-16(24)21-17(13)25/h2-4,8,13H,5-7,9,19H2,1H3,(H,21,24,25). The molecule has 2 aliphatic rings. The molecule has 1 atom stereocenters. The van der Waals surface area contributed by atoms with Crippen molar-refractivity contribution in [2.24, 2.45) is 12.8 Å². The zero-order chi connectivity index (χ0) is 18.4. The van der Waals surface area contributed by atoms with E-state index in [0.29, 0.717) is 25.1 Å². The molecule has 1 aromatic heterocycles. The van der Waals surface area contributed by atoms with Crippen LogP contribution in [0.2, 0.25) is 0 Å². The first kappa shape index (κ1) is 16.5. The van der Waals surface area contributed by atoms with Crippen LogP contribution in [-0.2, 0) is 29.7 Å². The average molecular weight is 353 g/mol. The summed E-state index contributed by atoms with van der Waals surface area (Å²) < 4.78 is 1.91. The van der Waals surface area contributed by atoms with Crippen LogP contribution >= 0.6 is 0 Å². The van der Waals surface area contributed by atoms with E-state index in [4.69, 9.17) is 5.73 Å². The van der Waals surface area contributed by atoms with Crippen molar-refractivity contribution in [3.8, 4) is 11.3 Å². The largest absolute Gasteiger partial charge is 0.330 e. The van der Waals surface area contributed by atoms with Crippen LogP contribution in [0.15, 0.2) is 24.4 Å². The molecule has 1 fully saturated rings. The molecule has 2 aliphatic heterocycles. The van der Waals surface area contributed by atoms with E-state index in [1.165, 1.54) is 0 Å². The number of nitrogens with zero attached hydrogens (tertiary/aromatic N) is 3. The SMILES string of the molecule is Cn1c(-c2cccc3c2CN(C2CCC(=O)NC2=O)C3=O)cnc1CN. The lowest BCUT2D eigenvalue weighted by Crippen LogP contribution is -2.52. The van der Waals surface area contributed by atoms with Gasteiger partial charge in [0.25, 0.3) is 5.91 Å². The topological polar surface area (TPSA) is 110 Å². The van der Waals surface area contributed by atoms with Gasteiger partial charge in [-0.05, 0) is 18.1 Å². The van der Waals surface area contributed by atoms with E-state index in [1.54, 1.807) is 17.2 Å². The number of rotatable bonds is 3. The molecule has 0 radical (unpaired) electrons. The summed E-state index contributed by atoms with van der Waals surface area (Å²) in [6, 6.07) is 4.92. The Morgan fingerprint density at radius 2 is 2.04 bits per heavy atom. The number of amides is 3. The lowest BCUT2D eigenvalue weighted by atomic mass is 10.0. The maximum Gasteiger partial charge on any atom is 0.255 e. The third-order valence-electron chi connectivity index (χ3n) is 5.12. The first-order chi connectivity index (χ1) is 12.5. The van der Waals surface area contributed by atoms with Crippen molar-refractivity contribution in [1.82, 2.24) is 19.8 Å². The van der Waals surface area contributed by atoms with Crippen molar-refractivity contribution in [1.29, 1.82) is 0 Å². The fourth-order valence-electron chi connectivity index (χ4n) is 3.71. The van der Waals surface area contributed by atoms with Crippen LogP contribution in [0, 0.1) is 0 Å².